The van der Waals surface area contributed by atoms with Crippen LogP contribution in [0.5, 0.6) is 0 Å². The molecule has 2 N–H and O–H groups in total. The first-order valence-corrected chi connectivity index (χ1v) is 7.39. The standard InChI is InChI=1S/C11H16F3N3O2S/c1-15-7-9-3-4-10(16-8-9)20(18,19)17-6-2-5-11(12,13)14/h3-4,8,15,17H,2,5-7H2,1H3. The molecular weight excluding hydrogens is 295 g/mol. The predicted molar refractivity (Wildman–Crippen MR) is 67.5 cm³/mol. The highest BCUT2D eigenvalue weighted by atomic mass is 32.2. The number of aromatic nitrogens is 1. The first-order valence-electron chi connectivity index (χ1n) is 5.90. The van der Waals surface area contributed by atoms with Crippen LogP contribution in [0.4, 0.5) is 13.2 Å². The second-order valence-corrected chi connectivity index (χ2v) is 5.87. The van der Waals surface area contributed by atoms with Crippen LogP contribution in [0.15, 0.2) is 23.4 Å². The molecule has 1 heterocycles. The van der Waals surface area contributed by atoms with Crippen LogP contribution >= 0.6 is 0 Å². The first kappa shape index (κ1) is 16.9. The minimum absolute atomic E-state index is 0.204. The Balaban J connectivity index is 2.56. The van der Waals surface area contributed by atoms with Gasteiger partial charge < -0.3 is 5.32 Å². The molecule has 0 radical (unpaired) electrons. The average molecular weight is 311 g/mol. The van der Waals surface area contributed by atoms with Gasteiger partial charge in [-0.15, -0.1) is 0 Å². The number of nitrogens with zero attached hydrogens (tertiary/aromatic N) is 1. The zero-order valence-corrected chi connectivity index (χ0v) is 11.7. The van der Waals surface area contributed by atoms with Gasteiger partial charge >= 0.3 is 6.18 Å². The van der Waals surface area contributed by atoms with E-state index in [0.29, 0.717) is 6.54 Å². The number of alkyl halides is 3. The maximum Gasteiger partial charge on any atom is 0.389 e. The van der Waals surface area contributed by atoms with E-state index in [0.717, 1.165) is 5.56 Å². The Morgan fingerprint density at radius 2 is 2.00 bits per heavy atom. The van der Waals surface area contributed by atoms with E-state index in [1.165, 1.54) is 12.3 Å². The second-order valence-electron chi connectivity index (χ2n) is 4.15. The van der Waals surface area contributed by atoms with Crippen LogP contribution in [0.1, 0.15) is 18.4 Å². The Bertz CT molecular complexity index is 515. The summed E-state index contributed by atoms with van der Waals surface area (Å²) in [7, 11) is -2.12. The summed E-state index contributed by atoms with van der Waals surface area (Å²) in [6, 6.07) is 2.91. The van der Waals surface area contributed by atoms with Gasteiger partial charge in [0.05, 0.1) is 0 Å². The Hall–Kier alpha value is -1.19. The number of pyridine rings is 1. The van der Waals surface area contributed by atoms with Crippen LogP contribution in [0.25, 0.3) is 0 Å². The lowest BCUT2D eigenvalue weighted by Gasteiger charge is -2.08. The molecule has 1 aromatic heterocycles. The van der Waals surface area contributed by atoms with E-state index >= 15 is 0 Å². The lowest BCUT2D eigenvalue weighted by molar-refractivity contribution is -0.135. The van der Waals surface area contributed by atoms with Crippen molar-refractivity contribution in [3.05, 3.63) is 23.9 Å². The summed E-state index contributed by atoms with van der Waals surface area (Å²) in [4.78, 5) is 3.78. The molecule has 1 rings (SSSR count). The van der Waals surface area contributed by atoms with Crippen molar-refractivity contribution in [2.24, 2.45) is 0 Å². The molecule has 1 aromatic rings. The van der Waals surface area contributed by atoms with Crippen molar-refractivity contribution >= 4 is 10.0 Å². The first-order chi connectivity index (χ1) is 9.24. The predicted octanol–water partition coefficient (Wildman–Crippen LogP) is 1.42. The van der Waals surface area contributed by atoms with Gasteiger partial charge in [-0.05, 0) is 25.1 Å². The Labute approximate surface area is 115 Å². The van der Waals surface area contributed by atoms with Crippen LogP contribution in [0, 0.1) is 0 Å². The monoisotopic (exact) mass is 311 g/mol. The summed E-state index contributed by atoms with van der Waals surface area (Å²) in [6.07, 6.45) is -4.20. The largest absolute Gasteiger partial charge is 0.389 e. The zero-order valence-electron chi connectivity index (χ0n) is 10.9. The fraction of sp³-hybridized carbons (Fsp3) is 0.545. The molecule has 0 aliphatic carbocycles. The molecular formula is C11H16F3N3O2S. The van der Waals surface area contributed by atoms with Gasteiger partial charge in [0.15, 0.2) is 5.03 Å². The molecule has 0 amide bonds. The van der Waals surface area contributed by atoms with Gasteiger partial charge in [-0.3, -0.25) is 0 Å². The van der Waals surface area contributed by atoms with Gasteiger partial charge in [-0.2, -0.15) is 13.2 Å². The average Bonchev–Trinajstić information content (AvgIpc) is 2.35. The number of rotatable bonds is 7. The molecule has 0 aliphatic rings. The third-order valence-corrected chi connectivity index (χ3v) is 3.76. The number of halogens is 3. The molecule has 0 saturated carbocycles. The highest BCUT2D eigenvalue weighted by molar-refractivity contribution is 7.89. The van der Waals surface area contributed by atoms with E-state index in [1.807, 2.05) is 0 Å². The molecule has 0 bridgehead atoms. The molecule has 0 unspecified atom stereocenters. The van der Waals surface area contributed by atoms with Crippen molar-refractivity contribution in [3.63, 3.8) is 0 Å². The van der Waals surface area contributed by atoms with Crippen LogP contribution in [0.3, 0.4) is 0 Å². The van der Waals surface area contributed by atoms with Crippen LogP contribution in [-0.2, 0) is 16.6 Å². The fourth-order valence-electron chi connectivity index (χ4n) is 1.45. The van der Waals surface area contributed by atoms with Crippen molar-refractivity contribution in [2.75, 3.05) is 13.6 Å². The number of hydrogen-bond acceptors (Lipinski definition) is 4. The lowest BCUT2D eigenvalue weighted by Crippen LogP contribution is -2.26. The molecule has 0 atom stereocenters. The van der Waals surface area contributed by atoms with E-state index in [9.17, 15) is 21.6 Å². The van der Waals surface area contributed by atoms with E-state index < -0.39 is 22.6 Å². The lowest BCUT2D eigenvalue weighted by atomic mass is 10.3. The van der Waals surface area contributed by atoms with Crippen molar-refractivity contribution in [2.45, 2.75) is 30.6 Å². The second kappa shape index (κ2) is 7.00. The molecule has 0 saturated heterocycles. The van der Waals surface area contributed by atoms with E-state index in [-0.39, 0.29) is 18.0 Å². The maximum atomic E-state index is 11.9. The number of sulfonamides is 1. The summed E-state index contributed by atoms with van der Waals surface area (Å²) < 4.78 is 61.4. The molecule has 0 spiro atoms. The number of nitrogens with one attached hydrogen (secondary N) is 2. The Morgan fingerprint density at radius 3 is 2.50 bits per heavy atom. The minimum atomic E-state index is -4.28. The summed E-state index contributed by atoms with van der Waals surface area (Å²) >= 11 is 0. The van der Waals surface area contributed by atoms with Crippen molar-refractivity contribution < 1.29 is 21.6 Å². The normalized spacial score (nSPS) is 12.6. The number of hydrogen-bond donors (Lipinski definition) is 2. The minimum Gasteiger partial charge on any atom is -0.316 e. The Kier molecular flexibility index (Phi) is 5.90. The highest BCUT2D eigenvalue weighted by Crippen LogP contribution is 2.20. The summed E-state index contributed by atoms with van der Waals surface area (Å²) in [5.74, 6) is 0. The topological polar surface area (TPSA) is 71.1 Å². The van der Waals surface area contributed by atoms with Gasteiger partial charge in [0, 0.05) is 25.7 Å². The third-order valence-electron chi connectivity index (χ3n) is 2.38. The van der Waals surface area contributed by atoms with Gasteiger partial charge in [0.2, 0.25) is 0 Å². The Morgan fingerprint density at radius 1 is 1.30 bits per heavy atom. The molecule has 5 nitrogen and oxygen atoms in total. The van der Waals surface area contributed by atoms with Crippen LogP contribution in [0.2, 0.25) is 0 Å². The molecule has 114 valence electrons. The molecule has 0 fully saturated rings. The fourth-order valence-corrected chi connectivity index (χ4v) is 2.45. The van der Waals surface area contributed by atoms with Crippen molar-refractivity contribution in [1.82, 2.24) is 15.0 Å². The van der Waals surface area contributed by atoms with Crippen molar-refractivity contribution in [1.29, 1.82) is 0 Å². The molecule has 20 heavy (non-hydrogen) atoms. The molecule has 0 aliphatic heterocycles. The summed E-state index contributed by atoms with van der Waals surface area (Å²) in [5.41, 5.74) is 0.809. The van der Waals surface area contributed by atoms with E-state index in [2.05, 4.69) is 15.0 Å². The highest BCUT2D eigenvalue weighted by Gasteiger charge is 2.26. The quantitative estimate of drug-likeness (QED) is 0.747. The van der Waals surface area contributed by atoms with Gasteiger partial charge in [0.1, 0.15) is 0 Å². The summed E-state index contributed by atoms with van der Waals surface area (Å²) in [6.45, 7) is 0.272. The maximum absolute atomic E-state index is 11.9. The van der Waals surface area contributed by atoms with Gasteiger partial charge in [0.25, 0.3) is 10.0 Å². The van der Waals surface area contributed by atoms with E-state index in [1.54, 1.807) is 13.1 Å². The third kappa shape index (κ3) is 5.85. The van der Waals surface area contributed by atoms with Gasteiger partial charge in [-0.25, -0.2) is 18.1 Å². The SMILES string of the molecule is CNCc1ccc(S(=O)(=O)NCCCC(F)(F)F)nc1. The van der Waals surface area contributed by atoms with Crippen molar-refractivity contribution in [3.8, 4) is 0 Å². The molecule has 0 aromatic carbocycles. The van der Waals surface area contributed by atoms with Crippen LogP contribution < -0.4 is 10.0 Å². The van der Waals surface area contributed by atoms with Crippen LogP contribution in [-0.4, -0.2) is 33.2 Å². The smallest absolute Gasteiger partial charge is 0.316 e. The van der Waals surface area contributed by atoms with Gasteiger partial charge in [-0.1, -0.05) is 6.07 Å². The zero-order chi connectivity index (χ0) is 15.2. The molecule has 9 heteroatoms. The van der Waals surface area contributed by atoms with E-state index in [4.69, 9.17) is 0 Å². The summed E-state index contributed by atoms with van der Waals surface area (Å²) in [5, 5.41) is 2.68.